The van der Waals surface area contributed by atoms with Crippen LogP contribution in [0.15, 0.2) is 0 Å². The van der Waals surface area contributed by atoms with Gasteiger partial charge in [-0.1, -0.05) is 66.7 Å². The van der Waals surface area contributed by atoms with Gasteiger partial charge in [0.15, 0.2) is 18.7 Å². The molecule has 73 heavy (non-hydrogen) atoms. The molecule has 4 fully saturated rings. The van der Waals surface area contributed by atoms with E-state index < -0.39 is 147 Å². The molecule has 23 nitrogen and oxygen atoms in total. The fourth-order valence-electron chi connectivity index (χ4n) is 9.15. The third-order valence-electron chi connectivity index (χ3n) is 13.0. The van der Waals surface area contributed by atoms with Crippen LogP contribution in [0.1, 0.15) is 126 Å². The van der Waals surface area contributed by atoms with E-state index >= 15 is 0 Å². The third kappa shape index (κ3) is 17.2. The Bertz CT molecular complexity index is 1680. The monoisotopic (exact) mass is 1050 g/mol. The highest BCUT2D eigenvalue weighted by Gasteiger charge is 2.64. The van der Waals surface area contributed by atoms with Crippen LogP contribution in [0.4, 0.5) is 4.79 Å². The normalized spacial score (nSPS) is 32.1. The van der Waals surface area contributed by atoms with E-state index in [1.807, 2.05) is 34.6 Å². The summed E-state index contributed by atoms with van der Waals surface area (Å²) in [7, 11) is 2.30. The van der Waals surface area contributed by atoms with Crippen molar-refractivity contribution in [3.63, 3.8) is 0 Å². The predicted molar refractivity (Wildman–Crippen MR) is 254 cm³/mol. The van der Waals surface area contributed by atoms with Gasteiger partial charge in [-0.3, -0.25) is 14.4 Å². The van der Waals surface area contributed by atoms with Gasteiger partial charge in [-0.25, -0.2) is 14.5 Å². The van der Waals surface area contributed by atoms with E-state index in [2.05, 4.69) is 0 Å². The van der Waals surface area contributed by atoms with Crippen molar-refractivity contribution in [2.45, 2.75) is 224 Å². The lowest BCUT2D eigenvalue weighted by atomic mass is 9.88. The fraction of sp³-hybridized carbons (Fsp3) is 0.900. The zero-order valence-corrected chi connectivity index (χ0v) is 44.6. The lowest BCUT2D eigenvalue weighted by Crippen LogP contribution is -2.68. The molecule has 0 saturated carbocycles. The molecule has 4 heterocycles. The maximum Gasteiger partial charge on any atom is 0.417 e. The molecule has 0 bridgehead atoms. The second-order valence-electron chi connectivity index (χ2n) is 18.7. The van der Waals surface area contributed by atoms with E-state index in [-0.39, 0.29) is 19.8 Å². The molecule has 422 valence electrons. The van der Waals surface area contributed by atoms with Crippen LogP contribution in [0.3, 0.4) is 0 Å². The van der Waals surface area contributed by atoms with E-state index in [4.69, 9.17) is 71.1 Å². The number of nitrogens with zero attached hydrogens (tertiary/aromatic N) is 1. The molecule has 0 aromatic rings. The van der Waals surface area contributed by atoms with Crippen molar-refractivity contribution < 1.29 is 105 Å². The molecular formula is C50H85NO22. The van der Waals surface area contributed by atoms with Crippen LogP contribution in [0, 0.1) is 0 Å². The number of fused-ring (bicyclic) bond motifs is 1. The summed E-state index contributed by atoms with van der Waals surface area (Å²) in [6.45, 7) is 13.8. The minimum Gasteiger partial charge on any atom is -0.465 e. The van der Waals surface area contributed by atoms with Crippen molar-refractivity contribution in [3.8, 4) is 0 Å². The Morgan fingerprint density at radius 3 is 1.84 bits per heavy atom. The smallest absolute Gasteiger partial charge is 0.417 e. The van der Waals surface area contributed by atoms with Crippen molar-refractivity contribution in [2.24, 2.45) is 0 Å². The molecule has 0 aromatic carbocycles. The van der Waals surface area contributed by atoms with Gasteiger partial charge in [0.2, 0.25) is 5.91 Å². The quantitative estimate of drug-likeness (QED) is 0.0539. The summed E-state index contributed by atoms with van der Waals surface area (Å²) < 4.78 is 92.4. The lowest BCUT2D eigenvalue weighted by molar-refractivity contribution is -0.375. The molecule has 2 N–H and O–H groups in total. The summed E-state index contributed by atoms with van der Waals surface area (Å²) in [5, 5.41) is 23.8. The molecule has 4 saturated heterocycles. The van der Waals surface area contributed by atoms with Crippen molar-refractivity contribution in [3.05, 3.63) is 0 Å². The Morgan fingerprint density at radius 2 is 1.29 bits per heavy atom. The average Bonchev–Trinajstić information content (AvgIpc) is 3.70. The molecule has 0 aliphatic carbocycles. The van der Waals surface area contributed by atoms with E-state index in [1.165, 1.54) is 7.11 Å². The predicted octanol–water partition coefficient (Wildman–Crippen LogP) is 3.65. The largest absolute Gasteiger partial charge is 0.465 e. The first kappa shape index (κ1) is 62.4. The molecule has 4 rings (SSSR count). The first-order chi connectivity index (χ1) is 35.1. The Hall–Kier alpha value is -3.17. The first-order valence-corrected chi connectivity index (χ1v) is 26.2. The number of unbranched alkanes of at least 4 members (excludes halogenated alkanes) is 5. The topological polar surface area (TPSA) is 268 Å². The van der Waals surface area contributed by atoms with Gasteiger partial charge in [0.05, 0.1) is 26.7 Å². The molecular weight excluding hydrogens is 967 g/mol. The SMILES string of the molecule is CCCCOCC1O[C@@H](O)C(OCCCC)C(OCCCC)[C@@H]1OC1OC(CO[C@]2(C(=O)OC)C[C@H]3OC(=O)N(C(C)=O)[C@H]3C([C@H](OC)[C@@H](COC(C)=O)OC(C)=O)O2)C(O)[C@H](OCCCC)[C@@H]1OCCCC. The number of imide groups is 1. The summed E-state index contributed by atoms with van der Waals surface area (Å²) in [5.41, 5.74) is 0. The average molecular weight is 1050 g/mol. The minimum absolute atomic E-state index is 0.00627. The van der Waals surface area contributed by atoms with E-state index in [1.54, 1.807) is 0 Å². The van der Waals surface area contributed by atoms with E-state index in [0.717, 1.165) is 71.3 Å². The van der Waals surface area contributed by atoms with Crippen LogP contribution in [-0.2, 0) is 90.2 Å². The van der Waals surface area contributed by atoms with Crippen LogP contribution in [0.25, 0.3) is 0 Å². The Morgan fingerprint density at radius 1 is 0.712 bits per heavy atom. The zero-order chi connectivity index (χ0) is 53.7. The summed E-state index contributed by atoms with van der Waals surface area (Å²) in [6, 6.07) is -1.30. The highest BCUT2D eigenvalue weighted by atomic mass is 16.8. The number of hydrogen-bond donors (Lipinski definition) is 2. The number of carbonyl (C=O) groups excluding carboxylic acids is 5. The number of methoxy groups -OCH3 is 2. The van der Waals surface area contributed by atoms with Crippen LogP contribution >= 0.6 is 0 Å². The number of ether oxygens (including phenoxy) is 15. The first-order valence-electron chi connectivity index (χ1n) is 26.2. The lowest BCUT2D eigenvalue weighted by Gasteiger charge is -2.50. The van der Waals surface area contributed by atoms with E-state index in [0.29, 0.717) is 45.5 Å². The molecule has 16 atom stereocenters. The van der Waals surface area contributed by atoms with Crippen LogP contribution in [-0.4, -0.2) is 210 Å². The molecule has 2 amide bonds. The van der Waals surface area contributed by atoms with Gasteiger partial charge < -0.3 is 81.3 Å². The van der Waals surface area contributed by atoms with Crippen molar-refractivity contribution in [1.82, 2.24) is 4.90 Å². The highest BCUT2D eigenvalue weighted by Crippen LogP contribution is 2.43. The summed E-state index contributed by atoms with van der Waals surface area (Å²) >= 11 is 0. The summed E-state index contributed by atoms with van der Waals surface area (Å²) in [5.74, 6) is -5.88. The molecule has 7 unspecified atom stereocenters. The van der Waals surface area contributed by atoms with Gasteiger partial charge in [0.25, 0.3) is 5.79 Å². The maximum absolute atomic E-state index is 14.2. The molecule has 0 aromatic heterocycles. The number of carbonyl (C=O) groups is 5. The Kier molecular flexibility index (Phi) is 27.1. The van der Waals surface area contributed by atoms with Crippen LogP contribution in [0.5, 0.6) is 0 Å². The molecule has 0 spiro atoms. The second kappa shape index (κ2) is 31.8. The van der Waals surface area contributed by atoms with Crippen LogP contribution < -0.4 is 0 Å². The fourth-order valence-corrected chi connectivity index (χ4v) is 9.15. The van der Waals surface area contributed by atoms with Crippen molar-refractivity contribution in [1.29, 1.82) is 0 Å². The van der Waals surface area contributed by atoms with Gasteiger partial charge in [-0.15, -0.1) is 0 Å². The molecule has 23 heteroatoms. The third-order valence-corrected chi connectivity index (χ3v) is 13.0. The van der Waals surface area contributed by atoms with Gasteiger partial charge in [-0.05, 0) is 32.1 Å². The number of esters is 3. The second-order valence-corrected chi connectivity index (χ2v) is 18.7. The Labute approximate surface area is 429 Å². The Balaban J connectivity index is 1.82. The minimum atomic E-state index is -2.49. The van der Waals surface area contributed by atoms with E-state index in [9.17, 15) is 34.2 Å². The summed E-state index contributed by atoms with van der Waals surface area (Å²) in [6.07, 6.45) is -11.5. The van der Waals surface area contributed by atoms with Crippen LogP contribution in [0.2, 0.25) is 0 Å². The standard InChI is InChI=1S/C50H85NO22/c1-11-16-21-61-27-35-40(43(63-23-18-13-3)44(46(56)69-35)64-24-19-14-4)72-47-45(65-25-20-15-5)42(62-22-17-12-2)38(55)34(70-47)29-67-50(48(57)60-10)26-33-37(51(30(6)52)49(58)71-33)41(73-50)39(59-9)36(68-32(8)54)28-66-31(7)53/h33-47,55-56H,11-29H2,1-10H3/t33-,34?,35?,36-,37-,38?,39-,40-,41?,42+,43?,44?,45+,46-,47?,50-/m1/s1. The number of aliphatic hydroxyl groups is 2. The molecule has 4 aliphatic heterocycles. The maximum atomic E-state index is 14.2. The number of amides is 2. The number of hydrogen-bond acceptors (Lipinski definition) is 22. The van der Waals surface area contributed by atoms with Crippen molar-refractivity contribution in [2.75, 3.05) is 67.1 Å². The highest BCUT2D eigenvalue weighted by molar-refractivity contribution is 5.93. The number of aliphatic hydroxyl groups excluding tert-OH is 2. The molecule has 0 radical (unpaired) electrons. The van der Waals surface area contributed by atoms with Crippen molar-refractivity contribution >= 4 is 29.9 Å². The van der Waals surface area contributed by atoms with Gasteiger partial charge in [-0.2, -0.15) is 0 Å². The molecule has 4 aliphatic rings. The summed E-state index contributed by atoms with van der Waals surface area (Å²) in [4.78, 5) is 66.0. The zero-order valence-electron chi connectivity index (χ0n) is 44.6. The van der Waals surface area contributed by atoms with Gasteiger partial charge in [0, 0.05) is 60.9 Å². The van der Waals surface area contributed by atoms with Gasteiger partial charge in [0.1, 0.15) is 79.8 Å². The van der Waals surface area contributed by atoms with Gasteiger partial charge >= 0.3 is 24.0 Å². The number of rotatable bonds is 33.